The van der Waals surface area contributed by atoms with E-state index in [4.69, 9.17) is 4.74 Å². The smallest absolute Gasteiger partial charge is 0.0623 e. The molecule has 17 heavy (non-hydrogen) atoms. The van der Waals surface area contributed by atoms with E-state index in [1.165, 1.54) is 6.42 Å². The molecule has 0 radical (unpaired) electrons. The van der Waals surface area contributed by atoms with E-state index in [1.807, 2.05) is 0 Å². The van der Waals surface area contributed by atoms with E-state index < -0.39 is 0 Å². The molecular formula is C14H30N2O. The first kappa shape index (κ1) is 14.9. The van der Waals surface area contributed by atoms with Gasteiger partial charge in [-0.25, -0.2) is 0 Å². The van der Waals surface area contributed by atoms with Gasteiger partial charge in [0, 0.05) is 25.0 Å². The topological polar surface area (TPSA) is 24.5 Å². The molecule has 0 aromatic carbocycles. The lowest BCUT2D eigenvalue weighted by atomic mass is 9.95. The van der Waals surface area contributed by atoms with Crippen molar-refractivity contribution < 1.29 is 4.74 Å². The fourth-order valence-electron chi connectivity index (χ4n) is 2.61. The Hall–Kier alpha value is -0.120. The molecule has 0 amide bonds. The number of hydrogen-bond donors (Lipinski definition) is 1. The van der Waals surface area contributed by atoms with Crippen LogP contribution >= 0.6 is 0 Å². The van der Waals surface area contributed by atoms with Gasteiger partial charge in [-0.1, -0.05) is 27.7 Å². The van der Waals surface area contributed by atoms with Gasteiger partial charge >= 0.3 is 0 Å². The van der Waals surface area contributed by atoms with E-state index in [1.54, 1.807) is 0 Å². The van der Waals surface area contributed by atoms with Gasteiger partial charge in [0.25, 0.3) is 0 Å². The summed E-state index contributed by atoms with van der Waals surface area (Å²) in [7, 11) is 2.22. The summed E-state index contributed by atoms with van der Waals surface area (Å²) in [6, 6.07) is 0.553. The molecule has 1 aliphatic heterocycles. The first-order chi connectivity index (χ1) is 7.92. The molecule has 0 aromatic heterocycles. The van der Waals surface area contributed by atoms with Crippen LogP contribution in [0.15, 0.2) is 0 Å². The summed E-state index contributed by atoms with van der Waals surface area (Å²) in [5.41, 5.74) is 0.376. The maximum atomic E-state index is 5.61. The highest BCUT2D eigenvalue weighted by molar-refractivity contribution is 4.83. The molecule has 1 saturated heterocycles. The highest BCUT2D eigenvalue weighted by Crippen LogP contribution is 2.18. The highest BCUT2D eigenvalue weighted by Gasteiger charge is 2.29. The van der Waals surface area contributed by atoms with Gasteiger partial charge in [-0.2, -0.15) is 0 Å². The third kappa shape index (κ3) is 5.84. The summed E-state index contributed by atoms with van der Waals surface area (Å²) in [5.74, 6) is 0.647. The molecule has 3 nitrogen and oxygen atoms in total. The standard InChI is InChI=1S/C14H30N2O/c1-6-7-15-13-10-17-9-12(13)8-16(5)11-14(2,3)4/h12-13,15H,6-11H2,1-5H3. The summed E-state index contributed by atoms with van der Waals surface area (Å²) in [6.45, 7) is 14.3. The van der Waals surface area contributed by atoms with Crippen LogP contribution in [-0.4, -0.2) is 50.8 Å². The molecule has 1 fully saturated rings. The maximum absolute atomic E-state index is 5.61. The van der Waals surface area contributed by atoms with Gasteiger partial charge in [0.1, 0.15) is 0 Å². The zero-order chi connectivity index (χ0) is 12.9. The summed E-state index contributed by atoms with van der Waals surface area (Å²) in [4.78, 5) is 2.44. The van der Waals surface area contributed by atoms with Crippen LogP contribution in [0.1, 0.15) is 34.1 Å². The van der Waals surface area contributed by atoms with Crippen molar-refractivity contribution in [2.75, 3.05) is 39.9 Å². The van der Waals surface area contributed by atoms with Gasteiger partial charge < -0.3 is 15.0 Å². The van der Waals surface area contributed by atoms with Crippen molar-refractivity contribution in [3.63, 3.8) is 0 Å². The molecule has 0 aliphatic carbocycles. The fraction of sp³-hybridized carbons (Fsp3) is 1.00. The first-order valence-corrected chi connectivity index (χ1v) is 6.92. The molecule has 1 N–H and O–H groups in total. The van der Waals surface area contributed by atoms with Crippen molar-refractivity contribution in [3.8, 4) is 0 Å². The van der Waals surface area contributed by atoms with Crippen molar-refractivity contribution >= 4 is 0 Å². The van der Waals surface area contributed by atoms with Crippen LogP contribution in [-0.2, 0) is 4.74 Å². The monoisotopic (exact) mass is 242 g/mol. The molecule has 0 bridgehead atoms. The molecule has 0 aromatic rings. The van der Waals surface area contributed by atoms with E-state index in [9.17, 15) is 0 Å². The van der Waals surface area contributed by atoms with Gasteiger partial charge in [-0.3, -0.25) is 0 Å². The molecule has 2 atom stereocenters. The Morgan fingerprint density at radius 3 is 2.59 bits per heavy atom. The molecule has 0 spiro atoms. The van der Waals surface area contributed by atoms with Crippen molar-refractivity contribution in [1.29, 1.82) is 0 Å². The van der Waals surface area contributed by atoms with E-state index >= 15 is 0 Å². The summed E-state index contributed by atoms with van der Waals surface area (Å²) < 4.78 is 5.61. The number of hydrogen-bond acceptors (Lipinski definition) is 3. The minimum absolute atomic E-state index is 0.376. The second-order valence-electron chi connectivity index (χ2n) is 6.62. The molecule has 102 valence electrons. The lowest BCUT2D eigenvalue weighted by Gasteiger charge is -2.30. The summed E-state index contributed by atoms with van der Waals surface area (Å²) in [5, 5.41) is 3.60. The number of ether oxygens (including phenoxy) is 1. The summed E-state index contributed by atoms with van der Waals surface area (Å²) >= 11 is 0. The molecule has 1 aliphatic rings. The predicted octanol–water partition coefficient (Wildman–Crippen LogP) is 1.98. The van der Waals surface area contributed by atoms with Gasteiger partial charge in [0.2, 0.25) is 0 Å². The third-order valence-electron chi connectivity index (χ3n) is 3.15. The molecule has 0 saturated carbocycles. The van der Waals surface area contributed by atoms with E-state index in [0.717, 1.165) is 32.8 Å². The van der Waals surface area contributed by atoms with Gasteiger partial charge in [-0.05, 0) is 25.4 Å². The first-order valence-electron chi connectivity index (χ1n) is 6.92. The van der Waals surface area contributed by atoms with Gasteiger partial charge in [0.05, 0.1) is 13.2 Å². The van der Waals surface area contributed by atoms with Crippen molar-refractivity contribution in [1.82, 2.24) is 10.2 Å². The SMILES string of the molecule is CCCNC1COCC1CN(C)CC(C)(C)C. The van der Waals surface area contributed by atoms with Gasteiger partial charge in [0.15, 0.2) is 0 Å². The zero-order valence-corrected chi connectivity index (χ0v) is 12.3. The molecule has 1 heterocycles. The second-order valence-corrected chi connectivity index (χ2v) is 6.62. The Labute approximate surface area is 107 Å². The average molecular weight is 242 g/mol. The fourth-order valence-corrected chi connectivity index (χ4v) is 2.61. The Morgan fingerprint density at radius 2 is 2.00 bits per heavy atom. The van der Waals surface area contributed by atoms with Crippen molar-refractivity contribution in [3.05, 3.63) is 0 Å². The lowest BCUT2D eigenvalue weighted by Crippen LogP contribution is -2.42. The summed E-state index contributed by atoms with van der Waals surface area (Å²) in [6.07, 6.45) is 1.20. The van der Waals surface area contributed by atoms with E-state index in [2.05, 4.69) is 45.0 Å². The molecule has 3 heteroatoms. The molecular weight excluding hydrogens is 212 g/mol. The van der Waals surface area contributed by atoms with E-state index in [0.29, 0.717) is 17.4 Å². The van der Waals surface area contributed by atoms with E-state index in [-0.39, 0.29) is 0 Å². The number of nitrogens with zero attached hydrogens (tertiary/aromatic N) is 1. The largest absolute Gasteiger partial charge is 0.379 e. The average Bonchev–Trinajstić information content (AvgIpc) is 2.59. The number of nitrogens with one attached hydrogen (secondary N) is 1. The Kier molecular flexibility index (Phi) is 5.90. The Balaban J connectivity index is 2.33. The minimum Gasteiger partial charge on any atom is -0.379 e. The van der Waals surface area contributed by atoms with Crippen LogP contribution in [0, 0.1) is 11.3 Å². The van der Waals surface area contributed by atoms with Crippen LogP contribution in [0.2, 0.25) is 0 Å². The predicted molar refractivity (Wildman–Crippen MR) is 73.3 cm³/mol. The van der Waals surface area contributed by atoms with Crippen LogP contribution in [0.5, 0.6) is 0 Å². The normalized spacial score (nSPS) is 25.8. The van der Waals surface area contributed by atoms with Gasteiger partial charge in [-0.15, -0.1) is 0 Å². The van der Waals surface area contributed by atoms with Crippen LogP contribution in [0.25, 0.3) is 0 Å². The van der Waals surface area contributed by atoms with Crippen LogP contribution in [0.4, 0.5) is 0 Å². The molecule has 2 unspecified atom stereocenters. The molecule has 1 rings (SSSR count). The van der Waals surface area contributed by atoms with Crippen molar-refractivity contribution in [2.45, 2.75) is 40.2 Å². The minimum atomic E-state index is 0.376. The second kappa shape index (κ2) is 6.72. The quantitative estimate of drug-likeness (QED) is 0.771. The van der Waals surface area contributed by atoms with Crippen LogP contribution < -0.4 is 5.32 Å². The maximum Gasteiger partial charge on any atom is 0.0623 e. The Bertz CT molecular complexity index is 213. The zero-order valence-electron chi connectivity index (χ0n) is 12.3. The highest BCUT2D eigenvalue weighted by atomic mass is 16.5. The Morgan fingerprint density at radius 1 is 1.29 bits per heavy atom. The lowest BCUT2D eigenvalue weighted by molar-refractivity contribution is 0.160. The van der Waals surface area contributed by atoms with Crippen LogP contribution in [0.3, 0.4) is 0 Å². The van der Waals surface area contributed by atoms with Crippen molar-refractivity contribution in [2.24, 2.45) is 11.3 Å². The third-order valence-corrected chi connectivity index (χ3v) is 3.15. The number of rotatable bonds is 6.